The first-order chi connectivity index (χ1) is 12.9. The van der Waals surface area contributed by atoms with Crippen molar-refractivity contribution in [3.63, 3.8) is 0 Å². The van der Waals surface area contributed by atoms with Crippen LogP contribution in [0.2, 0.25) is 0 Å². The molecule has 1 atom stereocenters. The van der Waals surface area contributed by atoms with Gasteiger partial charge in [-0.25, -0.2) is 9.59 Å². The van der Waals surface area contributed by atoms with E-state index in [1.54, 1.807) is 0 Å². The highest BCUT2D eigenvalue weighted by Gasteiger charge is 2.24. The summed E-state index contributed by atoms with van der Waals surface area (Å²) >= 11 is 0. The first-order valence-electron chi connectivity index (χ1n) is 8.55. The molecular formula is C19H23N3O5. The zero-order valence-corrected chi connectivity index (χ0v) is 15.2. The molecule has 0 bridgehead atoms. The fraction of sp³-hybridized carbons (Fsp3) is 0.316. The lowest BCUT2D eigenvalue weighted by Gasteiger charge is -2.21. The van der Waals surface area contributed by atoms with Crippen LogP contribution in [-0.4, -0.2) is 29.1 Å². The van der Waals surface area contributed by atoms with Gasteiger partial charge in [0.1, 0.15) is 11.8 Å². The van der Waals surface area contributed by atoms with Crippen molar-refractivity contribution in [1.82, 2.24) is 16.0 Å². The van der Waals surface area contributed by atoms with Gasteiger partial charge < -0.3 is 25.5 Å². The maximum atomic E-state index is 12.4. The molecule has 2 aromatic rings. The highest BCUT2D eigenvalue weighted by Crippen LogP contribution is 2.08. The molecule has 4 N–H and O–H groups in total. The van der Waals surface area contributed by atoms with E-state index in [2.05, 4.69) is 16.0 Å². The number of urea groups is 1. The van der Waals surface area contributed by atoms with Gasteiger partial charge in [-0.15, -0.1) is 0 Å². The van der Waals surface area contributed by atoms with E-state index in [1.807, 2.05) is 44.2 Å². The average molecular weight is 373 g/mol. The second-order valence-corrected chi connectivity index (χ2v) is 6.32. The molecule has 0 saturated carbocycles. The molecule has 0 aliphatic carbocycles. The number of aromatic carboxylic acids is 1. The van der Waals surface area contributed by atoms with Crippen LogP contribution in [-0.2, 0) is 17.9 Å². The van der Waals surface area contributed by atoms with Crippen LogP contribution in [0.15, 0.2) is 46.9 Å². The minimum absolute atomic E-state index is 0.0304. The van der Waals surface area contributed by atoms with Crippen LogP contribution in [0.5, 0.6) is 0 Å². The van der Waals surface area contributed by atoms with Gasteiger partial charge in [0.15, 0.2) is 0 Å². The zero-order chi connectivity index (χ0) is 19.8. The molecule has 0 spiro atoms. The molecule has 3 amide bonds. The first kappa shape index (κ1) is 20.0. The van der Waals surface area contributed by atoms with Crippen LogP contribution in [0.25, 0.3) is 0 Å². The molecule has 0 saturated heterocycles. The standard InChI is InChI=1S/C19H23N3O5/c1-12(2)16(22-19(26)21-10-13-6-4-3-5-7-13)17(23)20-11-14-8-9-15(27-14)18(24)25/h3-9,12,16H,10-11H2,1-2H3,(H,20,23)(H,24,25)(H2,21,22,26). The molecule has 1 heterocycles. The Kier molecular flexibility index (Phi) is 6.99. The lowest BCUT2D eigenvalue weighted by atomic mass is 10.0. The number of nitrogens with one attached hydrogen (secondary N) is 3. The number of amides is 3. The van der Waals surface area contributed by atoms with E-state index in [0.29, 0.717) is 12.3 Å². The first-order valence-corrected chi connectivity index (χ1v) is 8.55. The summed E-state index contributed by atoms with van der Waals surface area (Å²) in [6.45, 7) is 4.01. The molecule has 0 fully saturated rings. The Labute approximate surface area is 156 Å². The Hall–Kier alpha value is -3.29. The van der Waals surface area contributed by atoms with E-state index in [4.69, 9.17) is 9.52 Å². The van der Waals surface area contributed by atoms with Gasteiger partial charge in [-0.1, -0.05) is 44.2 Å². The van der Waals surface area contributed by atoms with Crippen LogP contribution in [0, 0.1) is 5.92 Å². The molecule has 1 unspecified atom stereocenters. The van der Waals surface area contributed by atoms with Gasteiger partial charge in [0.05, 0.1) is 6.54 Å². The third kappa shape index (κ3) is 6.18. The van der Waals surface area contributed by atoms with Crippen molar-refractivity contribution in [2.45, 2.75) is 33.0 Å². The summed E-state index contributed by atoms with van der Waals surface area (Å²) in [5, 5.41) is 16.9. The number of benzene rings is 1. The summed E-state index contributed by atoms with van der Waals surface area (Å²) in [7, 11) is 0. The van der Waals surface area contributed by atoms with E-state index in [9.17, 15) is 14.4 Å². The Balaban J connectivity index is 1.86. The number of hydrogen-bond donors (Lipinski definition) is 4. The molecular weight excluding hydrogens is 350 g/mol. The van der Waals surface area contributed by atoms with E-state index in [1.165, 1.54) is 12.1 Å². The SMILES string of the molecule is CC(C)C(NC(=O)NCc1ccccc1)C(=O)NCc1ccc(C(=O)O)o1. The third-order valence-corrected chi connectivity index (χ3v) is 3.84. The number of carbonyl (C=O) groups is 3. The zero-order valence-electron chi connectivity index (χ0n) is 15.2. The Morgan fingerprint density at radius 3 is 2.30 bits per heavy atom. The van der Waals surface area contributed by atoms with E-state index in [0.717, 1.165) is 5.56 Å². The van der Waals surface area contributed by atoms with Gasteiger partial charge in [-0.3, -0.25) is 4.79 Å². The van der Waals surface area contributed by atoms with Crippen LogP contribution in [0.3, 0.4) is 0 Å². The predicted molar refractivity (Wildman–Crippen MR) is 98.0 cm³/mol. The molecule has 0 aliphatic heterocycles. The third-order valence-electron chi connectivity index (χ3n) is 3.84. The minimum atomic E-state index is -1.18. The summed E-state index contributed by atoms with van der Waals surface area (Å²) in [5.41, 5.74) is 0.949. The summed E-state index contributed by atoms with van der Waals surface area (Å²) < 4.78 is 5.09. The predicted octanol–water partition coefficient (Wildman–Crippen LogP) is 2.12. The van der Waals surface area contributed by atoms with Gasteiger partial charge in [0.25, 0.3) is 0 Å². The summed E-state index contributed by atoms with van der Waals surface area (Å²) in [6, 6.07) is 11.0. The Morgan fingerprint density at radius 2 is 1.70 bits per heavy atom. The highest BCUT2D eigenvalue weighted by atomic mass is 16.4. The summed E-state index contributed by atoms with van der Waals surface area (Å²) in [5.74, 6) is -1.58. The molecule has 8 heteroatoms. The fourth-order valence-corrected chi connectivity index (χ4v) is 2.38. The van der Waals surface area contributed by atoms with Crippen molar-refractivity contribution >= 4 is 17.9 Å². The van der Waals surface area contributed by atoms with Gasteiger partial charge in [0, 0.05) is 6.54 Å². The average Bonchev–Trinajstić information content (AvgIpc) is 3.12. The van der Waals surface area contributed by atoms with Crippen LogP contribution < -0.4 is 16.0 Å². The van der Waals surface area contributed by atoms with Crippen molar-refractivity contribution in [1.29, 1.82) is 0 Å². The topological polar surface area (TPSA) is 121 Å². The molecule has 0 radical (unpaired) electrons. The van der Waals surface area contributed by atoms with Crippen molar-refractivity contribution in [2.24, 2.45) is 5.92 Å². The lowest BCUT2D eigenvalue weighted by Crippen LogP contribution is -2.52. The molecule has 8 nitrogen and oxygen atoms in total. The van der Waals surface area contributed by atoms with Crippen molar-refractivity contribution < 1.29 is 23.9 Å². The number of carboxylic acids is 1. The summed E-state index contributed by atoms with van der Waals surface area (Å²) in [4.78, 5) is 35.3. The van der Waals surface area contributed by atoms with Gasteiger partial charge in [0.2, 0.25) is 11.7 Å². The van der Waals surface area contributed by atoms with Crippen LogP contribution >= 0.6 is 0 Å². The lowest BCUT2D eigenvalue weighted by molar-refractivity contribution is -0.124. The van der Waals surface area contributed by atoms with Gasteiger partial charge in [-0.2, -0.15) is 0 Å². The van der Waals surface area contributed by atoms with Crippen molar-refractivity contribution in [3.05, 3.63) is 59.5 Å². The van der Waals surface area contributed by atoms with Crippen LogP contribution in [0.4, 0.5) is 4.79 Å². The fourth-order valence-electron chi connectivity index (χ4n) is 2.38. The van der Waals surface area contributed by atoms with Gasteiger partial charge in [-0.05, 0) is 23.6 Å². The quantitative estimate of drug-likeness (QED) is 0.565. The Bertz CT molecular complexity index is 786. The van der Waals surface area contributed by atoms with E-state index in [-0.39, 0.29) is 24.1 Å². The second-order valence-electron chi connectivity index (χ2n) is 6.32. The summed E-state index contributed by atoms with van der Waals surface area (Å²) in [6.07, 6.45) is 0. The highest BCUT2D eigenvalue weighted by molar-refractivity contribution is 5.87. The van der Waals surface area contributed by atoms with Crippen molar-refractivity contribution in [3.8, 4) is 0 Å². The maximum Gasteiger partial charge on any atom is 0.371 e. The molecule has 144 valence electrons. The van der Waals surface area contributed by atoms with Gasteiger partial charge >= 0.3 is 12.0 Å². The van der Waals surface area contributed by atoms with E-state index >= 15 is 0 Å². The number of furan rings is 1. The monoisotopic (exact) mass is 373 g/mol. The normalized spacial score (nSPS) is 11.7. The van der Waals surface area contributed by atoms with E-state index < -0.39 is 18.0 Å². The molecule has 1 aromatic carbocycles. The number of carboxylic acid groups (broad SMARTS) is 1. The van der Waals surface area contributed by atoms with Crippen molar-refractivity contribution in [2.75, 3.05) is 0 Å². The largest absolute Gasteiger partial charge is 0.475 e. The number of hydrogen-bond acceptors (Lipinski definition) is 4. The van der Waals surface area contributed by atoms with Crippen LogP contribution in [0.1, 0.15) is 35.7 Å². The second kappa shape index (κ2) is 9.42. The molecule has 27 heavy (non-hydrogen) atoms. The smallest absolute Gasteiger partial charge is 0.371 e. The molecule has 0 aliphatic rings. The number of rotatable bonds is 8. The Morgan fingerprint density at radius 1 is 1.00 bits per heavy atom. The molecule has 2 rings (SSSR count). The molecule has 1 aromatic heterocycles. The minimum Gasteiger partial charge on any atom is -0.475 e. The maximum absolute atomic E-state index is 12.4. The number of carbonyl (C=O) groups excluding carboxylic acids is 2.